The molecule has 1 aliphatic carbocycles. The highest BCUT2D eigenvalue weighted by Gasteiger charge is 2.39. The summed E-state index contributed by atoms with van der Waals surface area (Å²) in [6.07, 6.45) is 1.87. The van der Waals surface area contributed by atoms with E-state index in [9.17, 15) is 13.5 Å². The maximum atomic E-state index is 13.0. The summed E-state index contributed by atoms with van der Waals surface area (Å²) in [5, 5.41) is 9.32. The Bertz CT molecular complexity index is 624. The third kappa shape index (κ3) is 3.67. The van der Waals surface area contributed by atoms with Crippen molar-refractivity contribution in [1.82, 2.24) is 4.31 Å². The molecule has 1 N–H and O–H groups in total. The lowest BCUT2D eigenvalue weighted by atomic mass is 10.2. The molecule has 0 aromatic heterocycles. The molecule has 0 atom stereocenters. The molecule has 4 nitrogen and oxygen atoms in total. The van der Waals surface area contributed by atoms with E-state index in [-0.39, 0.29) is 18.6 Å². The molecule has 0 bridgehead atoms. The minimum Gasteiger partial charge on any atom is -0.392 e. The smallest absolute Gasteiger partial charge is 0.243 e. The van der Waals surface area contributed by atoms with Gasteiger partial charge >= 0.3 is 0 Å². The fraction of sp³-hybridized carbons (Fsp3) is 0.600. The largest absolute Gasteiger partial charge is 0.392 e. The lowest BCUT2D eigenvalue weighted by Gasteiger charge is -2.25. The van der Waals surface area contributed by atoms with Gasteiger partial charge in [0.25, 0.3) is 0 Å². The van der Waals surface area contributed by atoms with Gasteiger partial charge in [-0.25, -0.2) is 8.42 Å². The van der Waals surface area contributed by atoms with E-state index in [4.69, 9.17) is 0 Å². The monoisotopic (exact) mass is 375 g/mol. The molecule has 21 heavy (non-hydrogen) atoms. The Balaban J connectivity index is 2.49. The number of hydrogen-bond acceptors (Lipinski definition) is 3. The molecule has 1 aromatic rings. The van der Waals surface area contributed by atoms with E-state index < -0.39 is 10.0 Å². The number of halogens is 1. The Morgan fingerprint density at radius 2 is 2.00 bits per heavy atom. The van der Waals surface area contributed by atoms with E-state index in [0.29, 0.717) is 27.0 Å². The molecule has 118 valence electrons. The van der Waals surface area contributed by atoms with Crippen LogP contribution in [0.3, 0.4) is 0 Å². The van der Waals surface area contributed by atoms with Gasteiger partial charge in [0.1, 0.15) is 0 Å². The number of aliphatic hydroxyl groups is 1. The van der Waals surface area contributed by atoms with Crippen molar-refractivity contribution in [1.29, 1.82) is 0 Å². The van der Waals surface area contributed by atoms with Gasteiger partial charge in [0, 0.05) is 17.1 Å². The van der Waals surface area contributed by atoms with Crippen LogP contribution in [0.5, 0.6) is 0 Å². The fourth-order valence-electron chi connectivity index (χ4n) is 2.36. The summed E-state index contributed by atoms with van der Waals surface area (Å²) in [5.74, 6) is 0.283. The maximum Gasteiger partial charge on any atom is 0.243 e. The van der Waals surface area contributed by atoms with Gasteiger partial charge in [0.15, 0.2) is 0 Å². The summed E-state index contributed by atoms with van der Waals surface area (Å²) >= 11 is 3.39. The van der Waals surface area contributed by atoms with Gasteiger partial charge in [-0.2, -0.15) is 4.31 Å². The van der Waals surface area contributed by atoms with Crippen molar-refractivity contribution in [2.75, 3.05) is 6.54 Å². The van der Waals surface area contributed by atoms with Crippen LogP contribution in [0.15, 0.2) is 21.5 Å². The Morgan fingerprint density at radius 3 is 2.48 bits per heavy atom. The second-order valence-corrected chi connectivity index (χ2v) is 8.77. The zero-order valence-corrected chi connectivity index (χ0v) is 15.0. The first-order valence-corrected chi connectivity index (χ1v) is 9.42. The number of benzene rings is 1. The summed E-state index contributed by atoms with van der Waals surface area (Å²) in [4.78, 5) is 0.300. The van der Waals surface area contributed by atoms with Crippen LogP contribution in [-0.4, -0.2) is 30.4 Å². The first-order chi connectivity index (χ1) is 9.77. The Labute approximate surface area is 135 Å². The third-order valence-electron chi connectivity index (χ3n) is 3.62. The number of hydrogen-bond donors (Lipinski definition) is 1. The maximum absolute atomic E-state index is 13.0. The summed E-state index contributed by atoms with van der Waals surface area (Å²) in [6.45, 7) is 6.20. The molecule has 0 heterocycles. The first kappa shape index (κ1) is 16.9. The molecule has 1 fully saturated rings. The summed E-state index contributed by atoms with van der Waals surface area (Å²) in [6, 6.07) is 3.48. The van der Waals surface area contributed by atoms with Crippen molar-refractivity contribution in [3.05, 3.63) is 27.7 Å². The van der Waals surface area contributed by atoms with Crippen LogP contribution in [0, 0.1) is 12.8 Å². The number of aliphatic hydroxyl groups excluding tert-OH is 1. The highest BCUT2D eigenvalue weighted by molar-refractivity contribution is 9.10. The molecule has 0 aliphatic heterocycles. The van der Waals surface area contributed by atoms with Crippen LogP contribution in [0.25, 0.3) is 0 Å². The molecule has 1 aliphatic rings. The molecular formula is C15H22BrNO3S. The molecule has 0 spiro atoms. The molecule has 0 unspecified atom stereocenters. The zero-order chi connectivity index (χ0) is 15.8. The van der Waals surface area contributed by atoms with Crippen LogP contribution in [0.4, 0.5) is 0 Å². The van der Waals surface area contributed by atoms with Crippen LogP contribution in [0.2, 0.25) is 0 Å². The third-order valence-corrected chi connectivity index (χ3v) is 6.49. The quantitative estimate of drug-likeness (QED) is 0.830. The zero-order valence-electron chi connectivity index (χ0n) is 12.6. The van der Waals surface area contributed by atoms with E-state index in [1.165, 1.54) is 0 Å². The van der Waals surface area contributed by atoms with Crippen molar-refractivity contribution in [2.45, 2.75) is 51.2 Å². The second-order valence-electron chi connectivity index (χ2n) is 6.06. The van der Waals surface area contributed by atoms with Gasteiger partial charge in [-0.3, -0.25) is 0 Å². The highest BCUT2D eigenvalue weighted by Crippen LogP contribution is 2.35. The highest BCUT2D eigenvalue weighted by atomic mass is 79.9. The van der Waals surface area contributed by atoms with E-state index >= 15 is 0 Å². The lowest BCUT2D eigenvalue weighted by molar-refractivity contribution is 0.281. The Hall–Kier alpha value is -0.430. The van der Waals surface area contributed by atoms with Crippen LogP contribution in [-0.2, 0) is 16.6 Å². The van der Waals surface area contributed by atoms with Gasteiger partial charge in [-0.15, -0.1) is 0 Å². The summed E-state index contributed by atoms with van der Waals surface area (Å²) in [7, 11) is -3.53. The minimum atomic E-state index is -3.53. The molecule has 6 heteroatoms. The van der Waals surface area contributed by atoms with E-state index in [0.717, 1.165) is 12.8 Å². The number of sulfonamides is 1. The summed E-state index contributed by atoms with van der Waals surface area (Å²) in [5.41, 5.74) is 1.30. The summed E-state index contributed by atoms with van der Waals surface area (Å²) < 4.78 is 28.4. The molecule has 2 rings (SSSR count). The van der Waals surface area contributed by atoms with Gasteiger partial charge in [0.2, 0.25) is 10.0 Å². The van der Waals surface area contributed by atoms with Gasteiger partial charge in [-0.1, -0.05) is 29.8 Å². The van der Waals surface area contributed by atoms with Crippen molar-refractivity contribution in [2.24, 2.45) is 5.92 Å². The minimum absolute atomic E-state index is 0.133. The molecule has 1 aromatic carbocycles. The van der Waals surface area contributed by atoms with Crippen molar-refractivity contribution in [3.8, 4) is 0 Å². The first-order valence-electron chi connectivity index (χ1n) is 7.19. The van der Waals surface area contributed by atoms with Crippen LogP contribution >= 0.6 is 15.9 Å². The van der Waals surface area contributed by atoms with E-state index in [1.807, 2.05) is 13.8 Å². The van der Waals surface area contributed by atoms with E-state index in [2.05, 4.69) is 15.9 Å². The predicted octanol–water partition coefficient (Wildman–Crippen LogP) is 3.06. The van der Waals surface area contributed by atoms with Crippen molar-refractivity contribution < 1.29 is 13.5 Å². The van der Waals surface area contributed by atoms with Gasteiger partial charge in [-0.05, 0) is 48.9 Å². The molecular weight excluding hydrogens is 354 g/mol. The van der Waals surface area contributed by atoms with Gasteiger partial charge < -0.3 is 5.11 Å². The van der Waals surface area contributed by atoms with Crippen molar-refractivity contribution >= 4 is 26.0 Å². The van der Waals surface area contributed by atoms with Crippen LogP contribution < -0.4 is 0 Å². The molecule has 0 radical (unpaired) electrons. The van der Waals surface area contributed by atoms with E-state index in [1.54, 1.807) is 23.4 Å². The SMILES string of the molecule is Cc1c(Br)cc(CO)cc1S(=O)(=O)N(CC(C)C)C1CC1. The molecule has 1 saturated carbocycles. The number of nitrogens with zero attached hydrogens (tertiary/aromatic N) is 1. The normalized spacial score (nSPS) is 16.0. The Kier molecular flexibility index (Phi) is 5.13. The number of rotatable bonds is 6. The predicted molar refractivity (Wildman–Crippen MR) is 86.6 cm³/mol. The Morgan fingerprint density at radius 1 is 1.38 bits per heavy atom. The average Bonchev–Trinajstić information content (AvgIpc) is 3.22. The standard InChI is InChI=1S/C15H22BrNO3S/c1-10(2)8-17(13-4-5-13)21(19,20)15-7-12(9-18)6-14(16)11(15)3/h6-7,10,13,18H,4-5,8-9H2,1-3H3. The lowest BCUT2D eigenvalue weighted by Crippen LogP contribution is -2.36. The fourth-order valence-corrected chi connectivity index (χ4v) is 5.14. The van der Waals surface area contributed by atoms with Crippen LogP contribution in [0.1, 0.15) is 37.8 Å². The van der Waals surface area contributed by atoms with Gasteiger partial charge in [0.05, 0.1) is 11.5 Å². The average molecular weight is 376 g/mol. The second kappa shape index (κ2) is 6.36. The van der Waals surface area contributed by atoms with Crippen molar-refractivity contribution in [3.63, 3.8) is 0 Å². The topological polar surface area (TPSA) is 57.6 Å². The molecule has 0 amide bonds. The molecule has 0 saturated heterocycles.